The minimum atomic E-state index is -0.401. The standard InChI is InChI=1S/C18H14BrN5O2/c1-11-2-7-15-14(8-11)17-22-24(18(26)23(17)10-20-15)9-16(25)21-13-5-3-12(19)4-6-13/h2-8,10H,9H2,1H3,(H,21,25). The maximum Gasteiger partial charge on any atom is 0.352 e. The molecule has 0 saturated carbocycles. The van der Waals surface area contributed by atoms with E-state index in [-0.39, 0.29) is 12.5 Å². The molecule has 4 rings (SSSR count). The van der Waals surface area contributed by atoms with Gasteiger partial charge < -0.3 is 5.32 Å². The lowest BCUT2D eigenvalue weighted by molar-refractivity contribution is -0.117. The molecule has 26 heavy (non-hydrogen) atoms. The van der Waals surface area contributed by atoms with E-state index in [1.165, 1.54) is 10.7 Å². The van der Waals surface area contributed by atoms with Gasteiger partial charge in [0.1, 0.15) is 12.9 Å². The zero-order valence-electron chi connectivity index (χ0n) is 13.8. The van der Waals surface area contributed by atoms with Crippen molar-refractivity contribution in [2.45, 2.75) is 13.5 Å². The number of fused-ring (bicyclic) bond motifs is 3. The predicted molar refractivity (Wildman–Crippen MR) is 102 cm³/mol. The van der Waals surface area contributed by atoms with Gasteiger partial charge in [0.15, 0.2) is 5.65 Å². The minimum Gasteiger partial charge on any atom is -0.324 e. The molecule has 130 valence electrons. The second-order valence-corrected chi connectivity index (χ2v) is 6.87. The Labute approximate surface area is 156 Å². The fraction of sp³-hybridized carbons (Fsp3) is 0.111. The van der Waals surface area contributed by atoms with Crippen molar-refractivity contribution in [1.82, 2.24) is 19.2 Å². The Bertz CT molecular complexity index is 1190. The Hall–Kier alpha value is -3.00. The van der Waals surface area contributed by atoms with E-state index in [4.69, 9.17) is 0 Å². The van der Waals surface area contributed by atoms with E-state index in [1.807, 2.05) is 37.3 Å². The van der Waals surface area contributed by atoms with E-state index < -0.39 is 5.69 Å². The summed E-state index contributed by atoms with van der Waals surface area (Å²) in [6, 6.07) is 13.0. The van der Waals surface area contributed by atoms with Crippen molar-refractivity contribution in [1.29, 1.82) is 0 Å². The van der Waals surface area contributed by atoms with E-state index in [0.717, 1.165) is 25.6 Å². The highest BCUT2D eigenvalue weighted by Crippen LogP contribution is 2.17. The molecular formula is C18H14BrN5O2. The van der Waals surface area contributed by atoms with Crippen LogP contribution in [0.15, 0.2) is 58.1 Å². The minimum absolute atomic E-state index is 0.177. The molecule has 0 aliphatic carbocycles. The van der Waals surface area contributed by atoms with Crippen molar-refractivity contribution in [3.63, 3.8) is 0 Å². The summed E-state index contributed by atoms with van der Waals surface area (Å²) in [4.78, 5) is 29.1. The van der Waals surface area contributed by atoms with Crippen molar-refractivity contribution in [2.75, 3.05) is 5.32 Å². The maximum absolute atomic E-state index is 12.5. The van der Waals surface area contributed by atoms with Crippen molar-refractivity contribution in [2.24, 2.45) is 0 Å². The van der Waals surface area contributed by atoms with Crippen LogP contribution in [-0.4, -0.2) is 25.1 Å². The number of rotatable bonds is 3. The molecule has 0 aliphatic heterocycles. The van der Waals surface area contributed by atoms with Gasteiger partial charge in [0.05, 0.1) is 5.52 Å². The van der Waals surface area contributed by atoms with Crippen LogP contribution in [0, 0.1) is 6.92 Å². The summed E-state index contributed by atoms with van der Waals surface area (Å²) < 4.78 is 3.42. The first-order valence-corrected chi connectivity index (χ1v) is 8.70. The molecule has 0 unspecified atom stereocenters. The number of amides is 1. The summed E-state index contributed by atoms with van der Waals surface area (Å²) >= 11 is 3.34. The van der Waals surface area contributed by atoms with Gasteiger partial charge in [-0.15, -0.1) is 5.10 Å². The number of benzene rings is 2. The number of hydrogen-bond acceptors (Lipinski definition) is 4. The number of aromatic nitrogens is 4. The van der Waals surface area contributed by atoms with Gasteiger partial charge in [0.2, 0.25) is 5.91 Å². The van der Waals surface area contributed by atoms with Crippen LogP contribution < -0.4 is 11.0 Å². The molecule has 0 saturated heterocycles. The van der Waals surface area contributed by atoms with Crippen LogP contribution >= 0.6 is 15.9 Å². The Morgan fingerprint density at radius 1 is 1.19 bits per heavy atom. The Morgan fingerprint density at radius 2 is 1.96 bits per heavy atom. The summed E-state index contributed by atoms with van der Waals surface area (Å²) in [7, 11) is 0. The third-order valence-electron chi connectivity index (χ3n) is 4.00. The average molecular weight is 412 g/mol. The van der Waals surface area contributed by atoms with Gasteiger partial charge in [-0.2, -0.15) is 0 Å². The molecule has 0 fully saturated rings. The number of aryl methyl sites for hydroxylation is 1. The fourth-order valence-electron chi connectivity index (χ4n) is 2.74. The third kappa shape index (κ3) is 2.99. The molecule has 2 aromatic heterocycles. The van der Waals surface area contributed by atoms with E-state index in [9.17, 15) is 9.59 Å². The van der Waals surface area contributed by atoms with Gasteiger partial charge in [-0.3, -0.25) is 4.79 Å². The summed E-state index contributed by atoms with van der Waals surface area (Å²) in [5.41, 5.74) is 2.53. The number of nitrogens with one attached hydrogen (secondary N) is 1. The van der Waals surface area contributed by atoms with E-state index in [0.29, 0.717) is 11.3 Å². The molecular weight excluding hydrogens is 398 g/mol. The molecule has 0 radical (unpaired) electrons. The fourth-order valence-corrected chi connectivity index (χ4v) is 3.01. The van der Waals surface area contributed by atoms with Gasteiger partial charge in [-0.05, 0) is 43.3 Å². The van der Waals surface area contributed by atoms with E-state index >= 15 is 0 Å². The number of carbonyl (C=O) groups is 1. The smallest absolute Gasteiger partial charge is 0.324 e. The molecule has 4 aromatic rings. The number of nitrogens with zero attached hydrogens (tertiary/aromatic N) is 4. The Balaban J connectivity index is 1.68. The van der Waals surface area contributed by atoms with Crippen molar-refractivity contribution < 1.29 is 4.79 Å². The molecule has 2 heterocycles. The molecule has 0 spiro atoms. The summed E-state index contributed by atoms with van der Waals surface area (Å²) in [6.45, 7) is 1.79. The molecule has 0 aliphatic rings. The van der Waals surface area contributed by atoms with Crippen LogP contribution in [0.2, 0.25) is 0 Å². The first kappa shape index (κ1) is 16.5. The first-order valence-electron chi connectivity index (χ1n) is 7.91. The summed E-state index contributed by atoms with van der Waals surface area (Å²) in [5, 5.41) is 7.86. The maximum atomic E-state index is 12.5. The number of hydrogen-bond donors (Lipinski definition) is 1. The highest BCUT2D eigenvalue weighted by Gasteiger charge is 2.13. The second kappa shape index (κ2) is 6.38. The molecule has 1 amide bonds. The molecule has 2 aromatic carbocycles. The monoisotopic (exact) mass is 411 g/mol. The van der Waals surface area contributed by atoms with E-state index in [2.05, 4.69) is 31.3 Å². The van der Waals surface area contributed by atoms with Crippen molar-refractivity contribution in [3.05, 3.63) is 69.3 Å². The van der Waals surface area contributed by atoms with Crippen LogP contribution in [0.4, 0.5) is 5.69 Å². The van der Waals surface area contributed by atoms with E-state index in [1.54, 1.807) is 12.1 Å². The predicted octanol–water partition coefficient (Wildman–Crippen LogP) is 2.75. The topological polar surface area (TPSA) is 81.3 Å². The largest absolute Gasteiger partial charge is 0.352 e. The highest BCUT2D eigenvalue weighted by molar-refractivity contribution is 9.10. The zero-order valence-corrected chi connectivity index (χ0v) is 15.4. The Morgan fingerprint density at radius 3 is 2.73 bits per heavy atom. The van der Waals surface area contributed by atoms with Crippen LogP contribution in [0.1, 0.15) is 5.56 Å². The van der Waals surface area contributed by atoms with Crippen LogP contribution in [-0.2, 0) is 11.3 Å². The van der Waals surface area contributed by atoms with Gasteiger partial charge in [-0.25, -0.2) is 18.9 Å². The first-order chi connectivity index (χ1) is 12.5. The Kier molecular flexibility index (Phi) is 4.04. The second-order valence-electron chi connectivity index (χ2n) is 5.95. The molecule has 1 N–H and O–H groups in total. The van der Waals surface area contributed by atoms with Crippen LogP contribution in [0.5, 0.6) is 0 Å². The SMILES string of the molecule is Cc1ccc2ncn3c(=O)n(CC(=O)Nc4ccc(Br)cc4)nc3c2c1. The lowest BCUT2D eigenvalue weighted by Gasteiger charge is -2.04. The highest BCUT2D eigenvalue weighted by atomic mass is 79.9. The van der Waals surface area contributed by atoms with Gasteiger partial charge in [0.25, 0.3) is 0 Å². The van der Waals surface area contributed by atoms with Gasteiger partial charge in [-0.1, -0.05) is 27.6 Å². The molecule has 7 nitrogen and oxygen atoms in total. The zero-order chi connectivity index (χ0) is 18.3. The van der Waals surface area contributed by atoms with Crippen molar-refractivity contribution >= 4 is 44.1 Å². The summed E-state index contributed by atoms with van der Waals surface area (Å²) in [6.07, 6.45) is 1.44. The van der Waals surface area contributed by atoms with Crippen molar-refractivity contribution in [3.8, 4) is 0 Å². The summed E-state index contributed by atoms with van der Waals surface area (Å²) in [5.74, 6) is -0.328. The van der Waals surface area contributed by atoms with Gasteiger partial charge >= 0.3 is 5.69 Å². The number of carbonyl (C=O) groups excluding carboxylic acids is 1. The van der Waals surface area contributed by atoms with Crippen LogP contribution in [0.25, 0.3) is 16.6 Å². The third-order valence-corrected chi connectivity index (χ3v) is 4.53. The molecule has 0 bridgehead atoms. The number of anilines is 1. The number of halogens is 1. The molecule has 0 atom stereocenters. The van der Waals surface area contributed by atoms with Crippen LogP contribution in [0.3, 0.4) is 0 Å². The average Bonchev–Trinajstić information content (AvgIpc) is 2.93. The quantitative estimate of drug-likeness (QED) is 0.561. The lowest BCUT2D eigenvalue weighted by atomic mass is 10.2. The molecule has 8 heteroatoms. The normalized spacial score (nSPS) is 11.2. The van der Waals surface area contributed by atoms with Gasteiger partial charge in [0, 0.05) is 15.5 Å². The lowest BCUT2D eigenvalue weighted by Crippen LogP contribution is -2.28.